The number of para-hydroxylation sites is 4. The molecule has 42 heavy (non-hydrogen) atoms. The summed E-state index contributed by atoms with van der Waals surface area (Å²) in [4.78, 5) is 2.27. The van der Waals surface area contributed by atoms with Crippen molar-refractivity contribution in [1.29, 1.82) is 10.5 Å². The van der Waals surface area contributed by atoms with E-state index in [1.807, 2.05) is 48.5 Å². The molecule has 8 rings (SSSR count). The van der Waals surface area contributed by atoms with Gasteiger partial charge in [0.25, 0.3) is 0 Å². The monoisotopic (exact) mass is 535 g/mol. The van der Waals surface area contributed by atoms with E-state index < -0.39 is 0 Å². The molecule has 0 saturated heterocycles. The van der Waals surface area contributed by atoms with E-state index in [1.54, 1.807) is 18.2 Å². The minimum atomic E-state index is 0.482. The quantitative estimate of drug-likeness (QED) is 0.207. The lowest BCUT2D eigenvalue weighted by atomic mass is 9.87. The molecule has 0 fully saturated rings. The van der Waals surface area contributed by atoms with Crippen LogP contribution in [0.3, 0.4) is 0 Å². The Labute approximate surface area is 242 Å². The lowest BCUT2D eigenvalue weighted by Gasteiger charge is -2.34. The van der Waals surface area contributed by atoms with Gasteiger partial charge in [0.05, 0.1) is 40.3 Å². The smallest absolute Gasteiger partial charge is 0.151 e. The van der Waals surface area contributed by atoms with E-state index in [0.717, 1.165) is 66.4 Å². The van der Waals surface area contributed by atoms with Crippen LogP contribution in [0.1, 0.15) is 11.1 Å². The van der Waals surface area contributed by atoms with Crippen molar-refractivity contribution in [3.05, 3.63) is 139 Å². The van der Waals surface area contributed by atoms with Crippen LogP contribution in [-0.4, -0.2) is 0 Å². The average Bonchev–Trinajstić information content (AvgIpc) is 3.06. The molecule has 4 heteroatoms. The lowest BCUT2D eigenvalue weighted by Crippen LogP contribution is -2.16. The second-order valence-corrected chi connectivity index (χ2v) is 10.3. The maximum absolute atomic E-state index is 10.0. The van der Waals surface area contributed by atoms with Gasteiger partial charge in [-0.3, -0.25) is 0 Å². The van der Waals surface area contributed by atoms with Crippen LogP contribution in [-0.2, 0) is 0 Å². The van der Waals surface area contributed by atoms with E-state index in [1.165, 1.54) is 0 Å². The van der Waals surface area contributed by atoms with Gasteiger partial charge in [0.2, 0.25) is 0 Å². The fourth-order valence-corrected chi connectivity index (χ4v) is 6.35. The third kappa shape index (κ3) is 3.40. The topological polar surface area (TPSA) is 60.0 Å². The molecule has 0 atom stereocenters. The van der Waals surface area contributed by atoms with Crippen LogP contribution < -0.4 is 9.64 Å². The Balaban J connectivity index is 1.53. The van der Waals surface area contributed by atoms with Crippen LogP contribution in [0.2, 0.25) is 0 Å². The molecular weight excluding hydrogens is 514 g/mol. The Morgan fingerprint density at radius 3 is 1.64 bits per heavy atom. The Bertz CT molecular complexity index is 2250. The number of rotatable bonds is 2. The van der Waals surface area contributed by atoms with Gasteiger partial charge >= 0.3 is 0 Å². The van der Waals surface area contributed by atoms with E-state index in [2.05, 4.69) is 77.7 Å². The van der Waals surface area contributed by atoms with Crippen molar-refractivity contribution in [2.24, 2.45) is 0 Å². The molecule has 1 aliphatic rings. The van der Waals surface area contributed by atoms with Crippen molar-refractivity contribution < 1.29 is 4.74 Å². The Morgan fingerprint density at radius 1 is 0.500 bits per heavy atom. The number of ether oxygens (including phenoxy) is 1. The molecule has 4 nitrogen and oxygen atoms in total. The predicted molar refractivity (Wildman–Crippen MR) is 169 cm³/mol. The molecule has 0 spiro atoms. The molecular formula is C38H21N3O. The van der Waals surface area contributed by atoms with Crippen LogP contribution in [0.4, 0.5) is 17.1 Å². The van der Waals surface area contributed by atoms with E-state index >= 15 is 0 Å². The minimum Gasteiger partial charge on any atom is -0.453 e. The highest BCUT2D eigenvalue weighted by atomic mass is 16.5. The highest BCUT2D eigenvalue weighted by Gasteiger charge is 2.27. The van der Waals surface area contributed by atoms with Crippen molar-refractivity contribution >= 4 is 49.4 Å². The molecule has 194 valence electrons. The van der Waals surface area contributed by atoms with Gasteiger partial charge < -0.3 is 9.64 Å². The van der Waals surface area contributed by atoms with Gasteiger partial charge in [-0.2, -0.15) is 10.5 Å². The number of anilines is 3. The zero-order valence-electron chi connectivity index (χ0n) is 22.4. The predicted octanol–water partition coefficient (Wildman–Crippen LogP) is 10.1. The summed E-state index contributed by atoms with van der Waals surface area (Å²) in [5.74, 6) is 1.59. The first-order chi connectivity index (χ1) is 20.8. The number of benzene rings is 7. The van der Waals surface area contributed by atoms with Gasteiger partial charge in [-0.15, -0.1) is 0 Å². The third-order valence-electron chi connectivity index (χ3n) is 8.09. The maximum Gasteiger partial charge on any atom is 0.151 e. The third-order valence-corrected chi connectivity index (χ3v) is 8.09. The maximum atomic E-state index is 10.0. The molecule has 0 saturated carbocycles. The molecule has 0 unspecified atom stereocenters. The van der Waals surface area contributed by atoms with Gasteiger partial charge in [-0.05, 0) is 81.0 Å². The summed E-state index contributed by atoms with van der Waals surface area (Å²) in [6, 6.07) is 47.3. The summed E-state index contributed by atoms with van der Waals surface area (Å²) in [6.07, 6.45) is 0. The van der Waals surface area contributed by atoms with Crippen molar-refractivity contribution in [1.82, 2.24) is 0 Å². The zero-order valence-corrected chi connectivity index (χ0v) is 22.4. The second-order valence-electron chi connectivity index (χ2n) is 10.3. The molecule has 0 amide bonds. The fourth-order valence-electron chi connectivity index (χ4n) is 6.35. The minimum absolute atomic E-state index is 0.482. The first-order valence-electron chi connectivity index (χ1n) is 13.7. The Kier molecular flexibility index (Phi) is 5.22. The Morgan fingerprint density at radius 2 is 1.02 bits per heavy atom. The zero-order chi connectivity index (χ0) is 28.2. The number of fused-ring (bicyclic) bond motifs is 7. The van der Waals surface area contributed by atoms with E-state index in [9.17, 15) is 10.5 Å². The molecule has 0 N–H and O–H groups in total. The highest BCUT2D eigenvalue weighted by molar-refractivity contribution is 6.26. The number of hydrogen-bond acceptors (Lipinski definition) is 4. The van der Waals surface area contributed by atoms with E-state index in [0.29, 0.717) is 16.7 Å². The second kappa shape index (κ2) is 9.24. The average molecular weight is 536 g/mol. The Hall–Kier alpha value is -6.10. The van der Waals surface area contributed by atoms with Gasteiger partial charge in [0, 0.05) is 10.9 Å². The standard InChI is InChI=1S/C38H21N3O/c39-22-24-10-9-11-25(23-40)37(24)31-20-26-21-34(28-13-2-4-15-30(28)38(26)29-14-3-1-12-27(29)31)41-32-16-5-7-18-35(32)42-36-19-8-6-17-33(36)41/h1-21H. The molecule has 1 aliphatic heterocycles. The molecule has 0 bridgehead atoms. The molecule has 7 aromatic carbocycles. The highest BCUT2D eigenvalue weighted by Crippen LogP contribution is 2.53. The summed E-state index contributed by atoms with van der Waals surface area (Å²) in [7, 11) is 0. The summed E-state index contributed by atoms with van der Waals surface area (Å²) >= 11 is 0. The molecule has 0 aromatic heterocycles. The largest absolute Gasteiger partial charge is 0.453 e. The van der Waals surface area contributed by atoms with Gasteiger partial charge in [-0.1, -0.05) is 78.9 Å². The van der Waals surface area contributed by atoms with Gasteiger partial charge in [0.15, 0.2) is 11.5 Å². The summed E-state index contributed by atoms with van der Waals surface area (Å²) in [6.45, 7) is 0. The molecule has 7 aromatic rings. The lowest BCUT2D eigenvalue weighted by molar-refractivity contribution is 0.477. The summed E-state index contributed by atoms with van der Waals surface area (Å²) in [5.41, 5.74) is 5.45. The van der Waals surface area contributed by atoms with Crippen molar-refractivity contribution in [3.8, 4) is 34.8 Å². The number of nitriles is 2. The van der Waals surface area contributed by atoms with Gasteiger partial charge in [0.1, 0.15) is 0 Å². The van der Waals surface area contributed by atoms with Crippen LogP contribution in [0.5, 0.6) is 11.5 Å². The molecule has 0 aliphatic carbocycles. The SMILES string of the molecule is N#Cc1cccc(C#N)c1-c1cc2cc(N3c4ccccc4Oc4ccccc43)c3ccccc3c2c2ccccc12. The summed E-state index contributed by atoms with van der Waals surface area (Å²) < 4.78 is 6.31. The summed E-state index contributed by atoms with van der Waals surface area (Å²) in [5, 5.41) is 26.6. The van der Waals surface area contributed by atoms with Crippen LogP contribution >= 0.6 is 0 Å². The van der Waals surface area contributed by atoms with Crippen molar-refractivity contribution in [2.75, 3.05) is 4.90 Å². The number of nitrogens with zero attached hydrogens (tertiary/aromatic N) is 3. The first-order valence-corrected chi connectivity index (χ1v) is 13.7. The van der Waals surface area contributed by atoms with Gasteiger partial charge in [-0.25, -0.2) is 0 Å². The number of hydrogen-bond donors (Lipinski definition) is 0. The van der Waals surface area contributed by atoms with Crippen LogP contribution in [0, 0.1) is 22.7 Å². The molecule has 0 radical (unpaired) electrons. The van der Waals surface area contributed by atoms with Crippen LogP contribution in [0.25, 0.3) is 43.4 Å². The van der Waals surface area contributed by atoms with Crippen molar-refractivity contribution in [2.45, 2.75) is 0 Å². The van der Waals surface area contributed by atoms with E-state index in [4.69, 9.17) is 4.74 Å². The van der Waals surface area contributed by atoms with Crippen molar-refractivity contribution in [3.63, 3.8) is 0 Å². The fraction of sp³-hybridized carbons (Fsp3) is 0. The molecule has 1 heterocycles. The van der Waals surface area contributed by atoms with E-state index in [-0.39, 0.29) is 0 Å². The first kappa shape index (κ1) is 23.8. The van der Waals surface area contributed by atoms with Crippen LogP contribution in [0.15, 0.2) is 127 Å². The normalized spacial score (nSPS) is 11.9.